The van der Waals surface area contributed by atoms with E-state index in [-0.39, 0.29) is 25.6 Å². The molecule has 3 heterocycles. The fraction of sp³-hybridized carbons (Fsp3) is 0.812. The molecule has 122 valence electrons. The molecule has 2 aliphatic heterocycles. The molecule has 0 amide bonds. The molecule has 3 unspecified atom stereocenters. The minimum Gasteiger partial charge on any atom is -0.401 e. The number of ether oxygens (including phenoxy) is 1. The minimum atomic E-state index is -0.340. The molecule has 0 spiro atoms. The first-order chi connectivity index (χ1) is 10.6. The third-order valence-corrected chi connectivity index (χ3v) is 4.57. The molecule has 2 fully saturated rings. The van der Waals surface area contributed by atoms with E-state index in [1.807, 2.05) is 16.9 Å². The van der Waals surface area contributed by atoms with Crippen molar-refractivity contribution in [1.29, 1.82) is 0 Å². The van der Waals surface area contributed by atoms with E-state index in [2.05, 4.69) is 32.8 Å². The number of aromatic nitrogens is 2. The maximum absolute atomic E-state index is 6.23. The molecule has 0 aromatic carbocycles. The Morgan fingerprint density at radius 3 is 2.36 bits per heavy atom. The van der Waals surface area contributed by atoms with Crippen LogP contribution in [0, 0.1) is 11.8 Å². The fourth-order valence-corrected chi connectivity index (χ4v) is 3.35. The second-order valence-corrected chi connectivity index (χ2v) is 7.04. The average Bonchev–Trinajstić information content (AvgIpc) is 3.14. The van der Waals surface area contributed by atoms with Gasteiger partial charge >= 0.3 is 7.12 Å². The van der Waals surface area contributed by atoms with Crippen molar-refractivity contribution in [1.82, 2.24) is 9.78 Å². The standard InChI is InChI=1S/C16H27BN2O3/c1-11(2)15-16(12(3)4)22-17(21-15)13-8-9-18-19(13)14-7-5-6-10-20-14/h8-9,11-12,14-16H,5-7,10H2,1-4H3. The van der Waals surface area contributed by atoms with Crippen LogP contribution in [0.3, 0.4) is 0 Å². The zero-order valence-corrected chi connectivity index (χ0v) is 14.1. The number of nitrogens with zero attached hydrogens (tertiary/aromatic N) is 2. The summed E-state index contributed by atoms with van der Waals surface area (Å²) in [5, 5.41) is 4.46. The van der Waals surface area contributed by atoms with E-state index in [1.54, 1.807) is 0 Å². The molecule has 6 heteroatoms. The van der Waals surface area contributed by atoms with Crippen molar-refractivity contribution in [3.05, 3.63) is 12.3 Å². The molecule has 0 saturated carbocycles. The Bertz CT molecular complexity index is 469. The molecule has 1 aromatic rings. The van der Waals surface area contributed by atoms with Crippen LogP contribution >= 0.6 is 0 Å². The first-order valence-corrected chi connectivity index (χ1v) is 8.54. The second kappa shape index (κ2) is 6.73. The van der Waals surface area contributed by atoms with Crippen LogP contribution < -0.4 is 5.59 Å². The molecule has 2 aliphatic rings. The van der Waals surface area contributed by atoms with Gasteiger partial charge in [0.15, 0.2) is 0 Å². The van der Waals surface area contributed by atoms with Gasteiger partial charge in [-0.25, -0.2) is 4.68 Å². The van der Waals surface area contributed by atoms with Gasteiger partial charge in [0.1, 0.15) is 6.23 Å². The summed E-state index contributed by atoms with van der Waals surface area (Å²) >= 11 is 0. The molecule has 1 aromatic heterocycles. The molecule has 0 N–H and O–H groups in total. The van der Waals surface area contributed by atoms with Crippen LogP contribution in [0.2, 0.25) is 0 Å². The van der Waals surface area contributed by atoms with Crippen molar-refractivity contribution in [2.45, 2.75) is 65.4 Å². The normalized spacial score (nSPS) is 29.7. The molecule has 3 atom stereocenters. The van der Waals surface area contributed by atoms with Crippen LogP contribution in [0.1, 0.15) is 53.2 Å². The lowest BCUT2D eigenvalue weighted by molar-refractivity contribution is -0.0379. The topological polar surface area (TPSA) is 45.5 Å². The van der Waals surface area contributed by atoms with Crippen molar-refractivity contribution >= 4 is 12.7 Å². The largest absolute Gasteiger partial charge is 0.513 e. The summed E-state index contributed by atoms with van der Waals surface area (Å²) in [7, 11) is -0.340. The molecule has 2 saturated heterocycles. The van der Waals surface area contributed by atoms with E-state index in [4.69, 9.17) is 14.0 Å². The SMILES string of the molecule is CC(C)C1OB(c2ccnn2C2CCCCO2)OC1C(C)C. The van der Waals surface area contributed by atoms with Crippen molar-refractivity contribution in [3.8, 4) is 0 Å². The summed E-state index contributed by atoms with van der Waals surface area (Å²) in [6, 6.07) is 1.99. The highest BCUT2D eigenvalue weighted by Gasteiger charge is 2.45. The number of hydrogen-bond acceptors (Lipinski definition) is 4. The average molecular weight is 306 g/mol. The summed E-state index contributed by atoms with van der Waals surface area (Å²) < 4.78 is 20.3. The highest BCUT2D eigenvalue weighted by atomic mass is 16.7. The van der Waals surface area contributed by atoms with Crippen LogP contribution in [-0.2, 0) is 14.0 Å². The Balaban J connectivity index is 1.79. The lowest BCUT2D eigenvalue weighted by atomic mass is 9.84. The van der Waals surface area contributed by atoms with Gasteiger partial charge in [-0.2, -0.15) is 5.10 Å². The predicted octanol–water partition coefficient (Wildman–Crippen LogP) is 2.37. The molecule has 0 aliphatic carbocycles. The zero-order valence-electron chi connectivity index (χ0n) is 14.1. The Morgan fingerprint density at radius 2 is 1.82 bits per heavy atom. The Morgan fingerprint density at radius 1 is 1.14 bits per heavy atom. The van der Waals surface area contributed by atoms with Crippen LogP contribution in [0.4, 0.5) is 0 Å². The lowest BCUT2D eigenvalue weighted by Gasteiger charge is -2.25. The van der Waals surface area contributed by atoms with E-state index in [0.29, 0.717) is 11.8 Å². The van der Waals surface area contributed by atoms with E-state index in [9.17, 15) is 0 Å². The Kier molecular flexibility index (Phi) is 4.90. The summed E-state index contributed by atoms with van der Waals surface area (Å²) in [5.41, 5.74) is 0.973. The van der Waals surface area contributed by atoms with Crippen LogP contribution in [0.15, 0.2) is 12.3 Å². The van der Waals surface area contributed by atoms with Crippen LogP contribution in [0.25, 0.3) is 0 Å². The van der Waals surface area contributed by atoms with Gasteiger partial charge in [0, 0.05) is 12.8 Å². The third kappa shape index (κ3) is 3.10. The quantitative estimate of drug-likeness (QED) is 0.801. The van der Waals surface area contributed by atoms with Gasteiger partial charge in [-0.05, 0) is 37.2 Å². The monoisotopic (exact) mass is 306 g/mol. The zero-order chi connectivity index (χ0) is 15.7. The van der Waals surface area contributed by atoms with E-state index >= 15 is 0 Å². The van der Waals surface area contributed by atoms with Gasteiger partial charge in [0.05, 0.1) is 17.8 Å². The summed E-state index contributed by atoms with van der Waals surface area (Å²) in [6.45, 7) is 9.56. The molecule has 22 heavy (non-hydrogen) atoms. The first-order valence-electron chi connectivity index (χ1n) is 8.54. The van der Waals surface area contributed by atoms with E-state index in [1.165, 1.54) is 6.42 Å². The molecule has 3 rings (SSSR count). The van der Waals surface area contributed by atoms with E-state index < -0.39 is 0 Å². The Hall–Kier alpha value is -0.845. The summed E-state index contributed by atoms with van der Waals surface area (Å²) in [5.74, 6) is 0.861. The molecular formula is C16H27BN2O3. The minimum absolute atomic E-state index is 0.0153. The van der Waals surface area contributed by atoms with Gasteiger partial charge < -0.3 is 14.0 Å². The fourth-order valence-electron chi connectivity index (χ4n) is 3.35. The molecule has 0 bridgehead atoms. The maximum Gasteiger partial charge on any atom is 0.513 e. The van der Waals surface area contributed by atoms with Crippen molar-refractivity contribution in [2.75, 3.05) is 6.61 Å². The smallest absolute Gasteiger partial charge is 0.401 e. The summed E-state index contributed by atoms with van der Waals surface area (Å²) in [4.78, 5) is 0. The third-order valence-electron chi connectivity index (χ3n) is 4.57. The number of rotatable bonds is 4. The Labute approximate surface area is 133 Å². The van der Waals surface area contributed by atoms with Gasteiger partial charge in [0.25, 0.3) is 0 Å². The van der Waals surface area contributed by atoms with Crippen molar-refractivity contribution in [2.24, 2.45) is 11.8 Å². The predicted molar refractivity (Wildman–Crippen MR) is 85.9 cm³/mol. The van der Waals surface area contributed by atoms with Crippen LogP contribution in [0.5, 0.6) is 0 Å². The van der Waals surface area contributed by atoms with Crippen molar-refractivity contribution < 1.29 is 14.0 Å². The number of hydrogen-bond donors (Lipinski definition) is 0. The van der Waals surface area contributed by atoms with Gasteiger partial charge in [-0.3, -0.25) is 0 Å². The van der Waals surface area contributed by atoms with Crippen LogP contribution in [-0.4, -0.2) is 35.7 Å². The first kappa shape index (κ1) is 16.0. The summed E-state index contributed by atoms with van der Waals surface area (Å²) in [6.07, 6.45) is 5.40. The van der Waals surface area contributed by atoms with Gasteiger partial charge in [-0.1, -0.05) is 27.7 Å². The van der Waals surface area contributed by atoms with Crippen molar-refractivity contribution in [3.63, 3.8) is 0 Å². The second-order valence-electron chi connectivity index (χ2n) is 7.04. The molecular weight excluding hydrogens is 279 g/mol. The highest BCUT2D eigenvalue weighted by Crippen LogP contribution is 2.29. The molecule has 5 nitrogen and oxygen atoms in total. The highest BCUT2D eigenvalue weighted by molar-refractivity contribution is 6.61. The lowest BCUT2D eigenvalue weighted by Crippen LogP contribution is -2.41. The van der Waals surface area contributed by atoms with Gasteiger partial charge in [-0.15, -0.1) is 0 Å². The molecule has 0 radical (unpaired) electrons. The maximum atomic E-state index is 6.23. The van der Waals surface area contributed by atoms with Gasteiger partial charge in [0.2, 0.25) is 0 Å². The van der Waals surface area contributed by atoms with E-state index in [0.717, 1.165) is 25.0 Å².